The van der Waals surface area contributed by atoms with Gasteiger partial charge in [0.25, 0.3) is 0 Å². The molecule has 2 saturated heterocycles. The van der Waals surface area contributed by atoms with Crippen molar-refractivity contribution in [3.05, 3.63) is 0 Å². The number of hydrogen-bond acceptors (Lipinski definition) is 2. The highest BCUT2D eigenvalue weighted by molar-refractivity contribution is 5.86. The van der Waals surface area contributed by atoms with Crippen molar-refractivity contribution < 1.29 is 4.79 Å². The summed E-state index contributed by atoms with van der Waals surface area (Å²) in [6.45, 7) is 4.43. The number of guanidine groups is 1. The molecular weight excluding hydrogens is 288 g/mol. The fourth-order valence-corrected chi connectivity index (χ4v) is 4.57. The van der Waals surface area contributed by atoms with Gasteiger partial charge in [-0.05, 0) is 43.9 Å². The number of hydrogen-bond donors (Lipinski definition) is 1. The standard InChI is InChI=1S/C18H32N4O/c1-19-17(20-14-16(23)21-11-6-3-7-12-21)22-13-10-18(15-22)8-4-2-5-9-18/h2-15H2,1H3,(H,19,20). The summed E-state index contributed by atoms with van der Waals surface area (Å²) in [7, 11) is 1.83. The highest BCUT2D eigenvalue weighted by Gasteiger charge is 2.39. The number of piperidine rings is 1. The molecule has 2 heterocycles. The third-order valence-corrected chi connectivity index (χ3v) is 5.97. The van der Waals surface area contributed by atoms with Crippen LogP contribution in [0.4, 0.5) is 0 Å². The van der Waals surface area contributed by atoms with Crippen LogP contribution in [0, 0.1) is 5.41 Å². The maximum Gasteiger partial charge on any atom is 0.241 e. The van der Waals surface area contributed by atoms with Gasteiger partial charge in [-0.3, -0.25) is 9.79 Å². The first-order valence-electron chi connectivity index (χ1n) is 9.46. The Kier molecular flexibility index (Phi) is 5.44. The number of nitrogens with one attached hydrogen (secondary N) is 1. The zero-order valence-electron chi connectivity index (χ0n) is 14.6. The van der Waals surface area contributed by atoms with E-state index in [9.17, 15) is 4.79 Å². The number of nitrogens with zero attached hydrogens (tertiary/aromatic N) is 3. The van der Waals surface area contributed by atoms with Crippen LogP contribution in [0.5, 0.6) is 0 Å². The van der Waals surface area contributed by atoms with Crippen LogP contribution in [0.15, 0.2) is 4.99 Å². The van der Waals surface area contributed by atoms with E-state index in [0.717, 1.165) is 45.0 Å². The minimum absolute atomic E-state index is 0.220. The van der Waals surface area contributed by atoms with Crippen LogP contribution in [0.1, 0.15) is 57.8 Å². The van der Waals surface area contributed by atoms with Crippen LogP contribution < -0.4 is 5.32 Å². The zero-order valence-corrected chi connectivity index (χ0v) is 14.6. The molecule has 23 heavy (non-hydrogen) atoms. The van der Waals surface area contributed by atoms with Gasteiger partial charge in [-0.25, -0.2) is 0 Å². The van der Waals surface area contributed by atoms with Gasteiger partial charge < -0.3 is 15.1 Å². The Morgan fingerprint density at radius 1 is 0.957 bits per heavy atom. The predicted octanol–water partition coefficient (Wildman–Crippen LogP) is 2.23. The predicted molar refractivity (Wildman–Crippen MR) is 93.5 cm³/mol. The minimum Gasteiger partial charge on any atom is -0.347 e. The van der Waals surface area contributed by atoms with Gasteiger partial charge in [0.15, 0.2) is 5.96 Å². The Labute approximate surface area is 140 Å². The van der Waals surface area contributed by atoms with E-state index in [0.29, 0.717) is 12.0 Å². The number of aliphatic imine (C=N–C) groups is 1. The van der Waals surface area contributed by atoms with Crippen molar-refractivity contribution >= 4 is 11.9 Å². The van der Waals surface area contributed by atoms with E-state index in [-0.39, 0.29) is 5.91 Å². The third kappa shape index (κ3) is 3.99. The van der Waals surface area contributed by atoms with E-state index in [1.54, 1.807) is 0 Å². The van der Waals surface area contributed by atoms with Crippen molar-refractivity contribution in [1.29, 1.82) is 0 Å². The average Bonchev–Trinajstić information content (AvgIpc) is 3.00. The molecule has 3 rings (SSSR count). The molecule has 1 N–H and O–H groups in total. The maximum absolute atomic E-state index is 12.3. The highest BCUT2D eigenvalue weighted by Crippen LogP contribution is 2.43. The van der Waals surface area contributed by atoms with Crippen LogP contribution in [0.2, 0.25) is 0 Å². The minimum atomic E-state index is 0.220. The first-order chi connectivity index (χ1) is 11.2. The molecular formula is C18H32N4O. The van der Waals surface area contributed by atoms with Crippen molar-refractivity contribution in [2.24, 2.45) is 10.4 Å². The number of carbonyl (C=O) groups excluding carboxylic acids is 1. The largest absolute Gasteiger partial charge is 0.347 e. The van der Waals surface area contributed by atoms with Crippen LogP contribution in [0.3, 0.4) is 0 Å². The van der Waals surface area contributed by atoms with E-state index in [2.05, 4.69) is 15.2 Å². The van der Waals surface area contributed by atoms with Gasteiger partial charge in [0, 0.05) is 33.2 Å². The lowest BCUT2D eigenvalue weighted by atomic mass is 9.73. The number of carbonyl (C=O) groups is 1. The van der Waals surface area contributed by atoms with Gasteiger partial charge in [0.1, 0.15) is 0 Å². The topological polar surface area (TPSA) is 47.9 Å². The van der Waals surface area contributed by atoms with Gasteiger partial charge in [0.2, 0.25) is 5.91 Å². The van der Waals surface area contributed by atoms with Gasteiger partial charge in [-0.2, -0.15) is 0 Å². The smallest absolute Gasteiger partial charge is 0.241 e. The Balaban J connectivity index is 1.49. The fraction of sp³-hybridized carbons (Fsp3) is 0.889. The van der Waals surface area contributed by atoms with Crippen LogP contribution >= 0.6 is 0 Å². The summed E-state index contributed by atoms with van der Waals surface area (Å²) < 4.78 is 0. The molecule has 0 aromatic carbocycles. The third-order valence-electron chi connectivity index (χ3n) is 5.97. The highest BCUT2D eigenvalue weighted by atomic mass is 16.2. The van der Waals surface area contributed by atoms with Gasteiger partial charge >= 0.3 is 0 Å². The Bertz CT molecular complexity index is 436. The van der Waals surface area contributed by atoms with E-state index < -0.39 is 0 Å². The maximum atomic E-state index is 12.3. The zero-order chi connectivity index (χ0) is 16.1. The molecule has 0 atom stereocenters. The Morgan fingerprint density at radius 2 is 1.65 bits per heavy atom. The van der Waals surface area contributed by atoms with Crippen molar-refractivity contribution in [1.82, 2.24) is 15.1 Å². The second kappa shape index (κ2) is 7.54. The summed E-state index contributed by atoms with van der Waals surface area (Å²) in [4.78, 5) is 21.1. The summed E-state index contributed by atoms with van der Waals surface area (Å²) in [6.07, 6.45) is 11.7. The summed E-state index contributed by atoms with van der Waals surface area (Å²) in [5, 5.41) is 3.32. The molecule has 130 valence electrons. The van der Waals surface area contributed by atoms with Gasteiger partial charge in [-0.15, -0.1) is 0 Å². The van der Waals surface area contributed by atoms with Gasteiger partial charge in [0.05, 0.1) is 6.54 Å². The summed E-state index contributed by atoms with van der Waals surface area (Å²) in [5.41, 5.74) is 0.521. The van der Waals surface area contributed by atoms with Crippen molar-refractivity contribution in [2.75, 3.05) is 39.8 Å². The van der Waals surface area contributed by atoms with Crippen LogP contribution in [0.25, 0.3) is 0 Å². The molecule has 3 fully saturated rings. The molecule has 5 heteroatoms. The van der Waals surface area contributed by atoms with Crippen LogP contribution in [-0.4, -0.2) is 61.4 Å². The Hall–Kier alpha value is -1.26. The number of rotatable bonds is 2. The van der Waals surface area contributed by atoms with Gasteiger partial charge in [-0.1, -0.05) is 19.3 Å². The molecule has 0 bridgehead atoms. The van der Waals surface area contributed by atoms with E-state index in [4.69, 9.17) is 0 Å². The molecule has 1 spiro atoms. The second-order valence-electron chi connectivity index (χ2n) is 7.57. The van der Waals surface area contributed by atoms with E-state index in [1.807, 2.05) is 11.9 Å². The Morgan fingerprint density at radius 3 is 2.35 bits per heavy atom. The lowest BCUT2D eigenvalue weighted by Crippen LogP contribution is -2.47. The normalized spacial score (nSPS) is 25.0. The molecule has 5 nitrogen and oxygen atoms in total. The molecule has 1 saturated carbocycles. The van der Waals surface area contributed by atoms with Crippen LogP contribution in [-0.2, 0) is 4.79 Å². The number of likely N-dealkylation sites (tertiary alicyclic amines) is 2. The first kappa shape index (κ1) is 16.6. The fourth-order valence-electron chi connectivity index (χ4n) is 4.57. The molecule has 2 aliphatic heterocycles. The number of amides is 1. The molecule has 0 aromatic heterocycles. The molecule has 0 aromatic rings. The SMILES string of the molecule is CN=C(NCC(=O)N1CCCCC1)N1CCC2(CCCCC2)C1. The molecule has 0 radical (unpaired) electrons. The lowest BCUT2D eigenvalue weighted by Gasteiger charge is -2.33. The summed E-state index contributed by atoms with van der Waals surface area (Å²) >= 11 is 0. The van der Waals surface area contributed by atoms with Crippen molar-refractivity contribution in [2.45, 2.75) is 57.8 Å². The van der Waals surface area contributed by atoms with Crippen molar-refractivity contribution in [3.63, 3.8) is 0 Å². The first-order valence-corrected chi connectivity index (χ1v) is 9.46. The molecule has 1 aliphatic carbocycles. The van der Waals surface area contributed by atoms with Crippen molar-refractivity contribution in [3.8, 4) is 0 Å². The second-order valence-corrected chi connectivity index (χ2v) is 7.57. The molecule has 3 aliphatic rings. The van der Waals surface area contributed by atoms with E-state index >= 15 is 0 Å². The lowest BCUT2D eigenvalue weighted by molar-refractivity contribution is -0.130. The monoisotopic (exact) mass is 320 g/mol. The quantitative estimate of drug-likeness (QED) is 0.627. The average molecular weight is 320 g/mol. The molecule has 1 amide bonds. The molecule has 0 unspecified atom stereocenters. The summed E-state index contributed by atoms with van der Waals surface area (Å²) in [6, 6.07) is 0. The van der Waals surface area contributed by atoms with E-state index in [1.165, 1.54) is 44.9 Å². The summed E-state index contributed by atoms with van der Waals surface area (Å²) in [5.74, 6) is 1.13.